The van der Waals surface area contributed by atoms with Crippen molar-refractivity contribution in [3.05, 3.63) is 58.0 Å². The Balaban J connectivity index is 2.38. The molecule has 0 spiro atoms. The SMILES string of the molecule is C#CC(C#N)=C1C=c2cc3ccccc3cc2=C1. The van der Waals surface area contributed by atoms with E-state index in [1.165, 1.54) is 10.8 Å². The predicted octanol–water partition coefficient (Wildman–Crippen LogP) is 1.87. The van der Waals surface area contributed by atoms with E-state index in [1.54, 1.807) is 0 Å². The summed E-state index contributed by atoms with van der Waals surface area (Å²) < 4.78 is 0. The third-order valence-electron chi connectivity index (χ3n) is 3.12. The van der Waals surface area contributed by atoms with Crippen LogP contribution in [0.3, 0.4) is 0 Å². The minimum absolute atomic E-state index is 0.384. The van der Waals surface area contributed by atoms with Gasteiger partial charge in [-0.05, 0) is 45.5 Å². The topological polar surface area (TPSA) is 23.8 Å². The fraction of sp³-hybridized carbons (Fsp3) is 0. The molecule has 2 aromatic carbocycles. The maximum absolute atomic E-state index is 8.96. The van der Waals surface area contributed by atoms with Crippen molar-refractivity contribution in [3.63, 3.8) is 0 Å². The molecule has 0 saturated heterocycles. The smallest absolute Gasteiger partial charge is 0.109 e. The minimum atomic E-state index is 0.384. The van der Waals surface area contributed by atoms with Gasteiger partial charge in [0, 0.05) is 5.57 Å². The lowest BCUT2D eigenvalue weighted by molar-refractivity contribution is 1.51. The van der Waals surface area contributed by atoms with Gasteiger partial charge in [-0.25, -0.2) is 0 Å². The molecule has 0 unspecified atom stereocenters. The Morgan fingerprint density at radius 2 is 1.56 bits per heavy atom. The highest BCUT2D eigenvalue weighted by atomic mass is 14.2. The van der Waals surface area contributed by atoms with Gasteiger partial charge in [-0.3, -0.25) is 0 Å². The number of terminal acetylenes is 1. The summed E-state index contributed by atoms with van der Waals surface area (Å²) in [6.07, 6.45) is 9.27. The standard InChI is InChI=1S/C17H9N/c1-2-12(11-18)15-9-16-7-13-5-3-4-6-14(13)8-17(16)10-15/h1,3-10H. The largest absolute Gasteiger partial charge is 0.192 e. The van der Waals surface area contributed by atoms with E-state index in [1.807, 2.05) is 24.3 Å². The number of hydrogen-bond donors (Lipinski definition) is 0. The normalized spacial score (nSPS) is 12.0. The van der Waals surface area contributed by atoms with E-state index < -0.39 is 0 Å². The molecule has 1 aliphatic carbocycles. The number of fused-ring (bicyclic) bond motifs is 2. The van der Waals surface area contributed by atoms with E-state index in [0.29, 0.717) is 5.57 Å². The second kappa shape index (κ2) is 3.91. The molecule has 0 heterocycles. The predicted molar refractivity (Wildman–Crippen MR) is 73.6 cm³/mol. The van der Waals surface area contributed by atoms with E-state index in [9.17, 15) is 0 Å². The molecule has 0 fully saturated rings. The van der Waals surface area contributed by atoms with Gasteiger partial charge in [0.15, 0.2) is 0 Å². The second-order valence-electron chi connectivity index (χ2n) is 4.20. The molecule has 1 heteroatoms. The van der Waals surface area contributed by atoms with Crippen molar-refractivity contribution in [2.45, 2.75) is 0 Å². The summed E-state index contributed by atoms with van der Waals surface area (Å²) in [6.45, 7) is 0. The molecule has 0 saturated carbocycles. The van der Waals surface area contributed by atoms with Crippen LogP contribution < -0.4 is 10.4 Å². The van der Waals surface area contributed by atoms with Crippen molar-refractivity contribution in [1.29, 1.82) is 5.26 Å². The van der Waals surface area contributed by atoms with Crippen LogP contribution in [-0.2, 0) is 0 Å². The van der Waals surface area contributed by atoms with Crippen molar-refractivity contribution >= 4 is 22.9 Å². The maximum atomic E-state index is 8.96. The first kappa shape index (κ1) is 10.4. The summed E-state index contributed by atoms with van der Waals surface area (Å²) >= 11 is 0. The molecular weight excluding hydrogens is 218 g/mol. The molecule has 1 aliphatic rings. The summed E-state index contributed by atoms with van der Waals surface area (Å²) in [7, 11) is 0. The lowest BCUT2D eigenvalue weighted by Gasteiger charge is -1.95. The molecule has 1 nitrogen and oxygen atoms in total. The molecule has 0 aliphatic heterocycles. The van der Waals surface area contributed by atoms with Gasteiger partial charge in [0.25, 0.3) is 0 Å². The molecule has 0 atom stereocenters. The Morgan fingerprint density at radius 3 is 2.00 bits per heavy atom. The van der Waals surface area contributed by atoms with Crippen molar-refractivity contribution in [2.75, 3.05) is 0 Å². The number of hydrogen-bond acceptors (Lipinski definition) is 1. The minimum Gasteiger partial charge on any atom is -0.192 e. The molecular formula is C17H9N. The molecule has 0 amide bonds. The first-order chi connectivity index (χ1) is 8.81. The van der Waals surface area contributed by atoms with Crippen molar-refractivity contribution in [3.8, 4) is 18.4 Å². The van der Waals surface area contributed by atoms with E-state index >= 15 is 0 Å². The Bertz CT molecular complexity index is 811. The van der Waals surface area contributed by atoms with Gasteiger partial charge in [-0.1, -0.05) is 30.2 Å². The zero-order valence-electron chi connectivity index (χ0n) is 9.64. The molecule has 0 radical (unpaired) electrons. The van der Waals surface area contributed by atoms with Gasteiger partial charge in [0.05, 0.1) is 0 Å². The lowest BCUT2D eigenvalue weighted by atomic mass is 10.1. The molecule has 3 rings (SSSR count). The lowest BCUT2D eigenvalue weighted by Crippen LogP contribution is -2.20. The summed E-state index contributed by atoms with van der Waals surface area (Å²) in [6, 6.07) is 14.5. The second-order valence-corrected chi connectivity index (χ2v) is 4.20. The van der Waals surface area contributed by atoms with Gasteiger partial charge in [-0.15, -0.1) is 6.42 Å². The van der Waals surface area contributed by atoms with Crippen LogP contribution >= 0.6 is 0 Å². The molecule has 0 bridgehead atoms. The number of allylic oxidation sites excluding steroid dienone is 2. The van der Waals surface area contributed by atoms with Crippen molar-refractivity contribution in [2.24, 2.45) is 0 Å². The van der Waals surface area contributed by atoms with Crippen LogP contribution in [0.2, 0.25) is 0 Å². The highest BCUT2D eigenvalue weighted by Gasteiger charge is 2.05. The number of benzene rings is 2. The van der Waals surface area contributed by atoms with Gasteiger partial charge >= 0.3 is 0 Å². The van der Waals surface area contributed by atoms with Crippen LogP contribution in [0, 0.1) is 23.7 Å². The van der Waals surface area contributed by atoms with Gasteiger partial charge in [0.2, 0.25) is 0 Å². The number of rotatable bonds is 0. The zero-order chi connectivity index (χ0) is 12.5. The highest BCUT2D eigenvalue weighted by Crippen LogP contribution is 2.13. The first-order valence-electron chi connectivity index (χ1n) is 5.65. The summed E-state index contributed by atoms with van der Waals surface area (Å²) in [5.74, 6) is 2.43. The Labute approximate surface area is 105 Å². The fourth-order valence-electron chi connectivity index (χ4n) is 2.23. The summed E-state index contributed by atoms with van der Waals surface area (Å²) in [5.41, 5.74) is 1.21. The monoisotopic (exact) mass is 227 g/mol. The molecule has 0 N–H and O–H groups in total. The van der Waals surface area contributed by atoms with E-state index in [4.69, 9.17) is 11.7 Å². The van der Waals surface area contributed by atoms with Crippen LogP contribution in [-0.4, -0.2) is 0 Å². The maximum Gasteiger partial charge on any atom is 0.109 e. The van der Waals surface area contributed by atoms with Gasteiger partial charge in [0.1, 0.15) is 11.6 Å². The third-order valence-corrected chi connectivity index (χ3v) is 3.12. The van der Waals surface area contributed by atoms with E-state index in [2.05, 4.69) is 36.3 Å². The third kappa shape index (κ3) is 1.51. The fourth-order valence-corrected chi connectivity index (χ4v) is 2.23. The Kier molecular flexibility index (Phi) is 2.26. The molecule has 2 aromatic rings. The zero-order valence-corrected chi connectivity index (χ0v) is 9.64. The Hall–Kier alpha value is -2.77. The first-order valence-corrected chi connectivity index (χ1v) is 5.65. The quantitative estimate of drug-likeness (QED) is 0.498. The van der Waals surface area contributed by atoms with Crippen molar-refractivity contribution < 1.29 is 0 Å². The summed E-state index contributed by atoms with van der Waals surface area (Å²) in [5, 5.41) is 13.6. The van der Waals surface area contributed by atoms with Gasteiger partial charge < -0.3 is 0 Å². The van der Waals surface area contributed by atoms with Crippen molar-refractivity contribution in [1.82, 2.24) is 0 Å². The molecule has 0 aromatic heterocycles. The van der Waals surface area contributed by atoms with Gasteiger partial charge in [-0.2, -0.15) is 5.26 Å². The van der Waals surface area contributed by atoms with Crippen LogP contribution in [0.15, 0.2) is 47.5 Å². The van der Waals surface area contributed by atoms with Crippen LogP contribution in [0.5, 0.6) is 0 Å². The van der Waals surface area contributed by atoms with Crippen LogP contribution in [0.25, 0.3) is 22.9 Å². The number of nitrogens with zero attached hydrogens (tertiary/aromatic N) is 1. The highest BCUT2D eigenvalue weighted by molar-refractivity contribution is 5.86. The Morgan fingerprint density at radius 1 is 1.00 bits per heavy atom. The van der Waals surface area contributed by atoms with Crippen LogP contribution in [0.1, 0.15) is 0 Å². The number of nitriles is 1. The average Bonchev–Trinajstić information content (AvgIpc) is 2.79. The molecule has 82 valence electrons. The van der Waals surface area contributed by atoms with E-state index in [-0.39, 0.29) is 0 Å². The molecule has 18 heavy (non-hydrogen) atoms. The summed E-state index contributed by atoms with van der Waals surface area (Å²) in [4.78, 5) is 0. The average molecular weight is 227 g/mol. The van der Waals surface area contributed by atoms with E-state index in [0.717, 1.165) is 16.0 Å². The van der Waals surface area contributed by atoms with Crippen LogP contribution in [0.4, 0.5) is 0 Å².